The lowest BCUT2D eigenvalue weighted by molar-refractivity contribution is 0.183. The molecule has 7 nitrogen and oxygen atoms in total. The number of benzene rings is 2. The molecule has 156 valence electrons. The lowest BCUT2D eigenvalue weighted by atomic mass is 10.0. The molecule has 0 atom stereocenters. The lowest BCUT2D eigenvalue weighted by Crippen LogP contribution is -2.37. The zero-order valence-electron chi connectivity index (χ0n) is 19.0. The van der Waals surface area contributed by atoms with Crippen molar-refractivity contribution < 1.29 is 2.74 Å². The van der Waals surface area contributed by atoms with Gasteiger partial charge in [0.2, 0.25) is 0 Å². The molecule has 1 aliphatic heterocycles. The summed E-state index contributed by atoms with van der Waals surface area (Å²) in [4.78, 5) is 32.5. The van der Waals surface area contributed by atoms with Crippen molar-refractivity contribution in [3.8, 4) is 0 Å². The second-order valence-corrected chi connectivity index (χ2v) is 8.05. The molecule has 5 rings (SSSR count). The lowest BCUT2D eigenvalue weighted by Gasteiger charge is -2.32. The van der Waals surface area contributed by atoms with Crippen LogP contribution in [0.4, 0.5) is 0 Å². The van der Waals surface area contributed by atoms with E-state index in [-0.39, 0.29) is 23.8 Å². The van der Waals surface area contributed by atoms with Gasteiger partial charge in [0.1, 0.15) is 0 Å². The fraction of sp³-hybridized carbons (Fsp3) is 0.391. The molecule has 1 saturated heterocycles. The van der Waals surface area contributed by atoms with Crippen LogP contribution in [0.25, 0.3) is 22.1 Å². The Morgan fingerprint density at radius 2 is 1.77 bits per heavy atom. The molecule has 0 saturated carbocycles. The highest BCUT2D eigenvalue weighted by Crippen LogP contribution is 2.25. The van der Waals surface area contributed by atoms with Gasteiger partial charge in [-0.15, -0.1) is 0 Å². The predicted octanol–water partition coefficient (Wildman–Crippen LogP) is 3.01. The van der Waals surface area contributed by atoms with Crippen LogP contribution < -0.4 is 11.4 Å². The van der Waals surface area contributed by atoms with Crippen LogP contribution in [0.2, 0.25) is 0 Å². The van der Waals surface area contributed by atoms with E-state index in [0.717, 1.165) is 27.6 Å². The molecule has 0 aliphatic carbocycles. The smallest absolute Gasteiger partial charge is 0.306 e. The van der Waals surface area contributed by atoms with Gasteiger partial charge in [0.15, 0.2) is 0 Å². The number of piperidine rings is 1. The molecule has 4 aromatic rings. The standard InChI is InChI=1S/C23H27N5O2/c1-16-7-8-21-19(15-16)25-23(30)28(21)17-9-13-26(14-10-17)11-4-12-27-20-6-3-2-5-18(20)24-22(27)29/h2-3,5-8,15,17H,4,9-14H2,1H3,(H,24,29)(H,25,30)/i11D2. The number of hydrogen-bond donors (Lipinski definition) is 2. The van der Waals surface area contributed by atoms with E-state index in [1.807, 2.05) is 58.9 Å². The third kappa shape index (κ3) is 3.39. The Bertz CT molecular complexity index is 1390. The summed E-state index contributed by atoms with van der Waals surface area (Å²) >= 11 is 0. The van der Waals surface area contributed by atoms with Gasteiger partial charge in [-0.3, -0.25) is 9.13 Å². The van der Waals surface area contributed by atoms with E-state index < -0.39 is 6.50 Å². The number of nitrogens with zero attached hydrogens (tertiary/aromatic N) is 3. The van der Waals surface area contributed by atoms with Crippen molar-refractivity contribution in [2.45, 2.75) is 38.8 Å². The van der Waals surface area contributed by atoms with Crippen LogP contribution >= 0.6 is 0 Å². The van der Waals surface area contributed by atoms with E-state index >= 15 is 0 Å². The molecular weight excluding hydrogens is 378 g/mol. The van der Waals surface area contributed by atoms with Crippen LogP contribution in [0.15, 0.2) is 52.1 Å². The second kappa shape index (κ2) is 7.65. The number of aromatic amines is 2. The SMILES string of the molecule is [2H]C([2H])(CCn1c(=O)[nH]c2ccccc21)N1CCC(n2c(=O)[nH]c3cc(C)ccc32)CC1. The van der Waals surface area contributed by atoms with Crippen LogP contribution in [0.5, 0.6) is 0 Å². The summed E-state index contributed by atoms with van der Waals surface area (Å²) in [5.74, 6) is 0. The van der Waals surface area contributed by atoms with Crippen molar-refractivity contribution in [2.75, 3.05) is 19.6 Å². The number of rotatable bonds is 5. The van der Waals surface area contributed by atoms with Crippen molar-refractivity contribution in [3.63, 3.8) is 0 Å². The minimum Gasteiger partial charge on any atom is -0.306 e. The zero-order valence-corrected chi connectivity index (χ0v) is 17.0. The highest BCUT2D eigenvalue weighted by Gasteiger charge is 2.23. The molecule has 30 heavy (non-hydrogen) atoms. The molecule has 1 fully saturated rings. The third-order valence-electron chi connectivity index (χ3n) is 6.05. The van der Waals surface area contributed by atoms with Crippen LogP contribution in [-0.2, 0) is 6.54 Å². The Morgan fingerprint density at radius 1 is 1.00 bits per heavy atom. The van der Waals surface area contributed by atoms with E-state index in [1.54, 1.807) is 4.57 Å². The zero-order chi connectivity index (χ0) is 22.5. The Kier molecular flexibility index (Phi) is 4.26. The van der Waals surface area contributed by atoms with E-state index in [0.29, 0.717) is 32.5 Å². The van der Waals surface area contributed by atoms with Gasteiger partial charge < -0.3 is 14.9 Å². The fourth-order valence-corrected chi connectivity index (χ4v) is 4.54. The fourth-order valence-electron chi connectivity index (χ4n) is 4.54. The number of para-hydroxylation sites is 2. The summed E-state index contributed by atoms with van der Waals surface area (Å²) in [5.41, 5.74) is 4.08. The van der Waals surface area contributed by atoms with Gasteiger partial charge in [0.25, 0.3) is 0 Å². The van der Waals surface area contributed by atoms with Crippen LogP contribution in [0, 0.1) is 6.92 Å². The summed E-state index contributed by atoms with van der Waals surface area (Å²) in [6.45, 7) is 1.89. The molecule has 1 aliphatic rings. The summed E-state index contributed by atoms with van der Waals surface area (Å²) in [5, 5.41) is 0. The Labute approximate surface area is 176 Å². The topological polar surface area (TPSA) is 78.8 Å². The number of likely N-dealkylation sites (tertiary alicyclic amines) is 1. The Hall–Kier alpha value is -3.06. The third-order valence-corrected chi connectivity index (χ3v) is 6.05. The molecule has 0 radical (unpaired) electrons. The first kappa shape index (κ1) is 16.7. The van der Waals surface area contributed by atoms with Gasteiger partial charge >= 0.3 is 11.4 Å². The molecule has 0 amide bonds. The average Bonchev–Trinajstić information content (AvgIpc) is 3.26. The Morgan fingerprint density at radius 3 is 2.60 bits per heavy atom. The monoisotopic (exact) mass is 407 g/mol. The van der Waals surface area contributed by atoms with Gasteiger partial charge in [0.05, 0.1) is 22.1 Å². The number of nitrogens with one attached hydrogen (secondary N) is 2. The van der Waals surface area contributed by atoms with Crippen molar-refractivity contribution in [1.29, 1.82) is 0 Å². The summed E-state index contributed by atoms with van der Waals surface area (Å²) in [6.07, 6.45) is 1.62. The number of H-pyrrole nitrogens is 2. The van der Waals surface area contributed by atoms with Crippen molar-refractivity contribution >= 4 is 22.1 Å². The van der Waals surface area contributed by atoms with Gasteiger partial charge in [-0.2, -0.15) is 0 Å². The van der Waals surface area contributed by atoms with Gasteiger partial charge in [-0.05, 0) is 62.5 Å². The number of aryl methyl sites for hydroxylation is 2. The number of hydrogen-bond acceptors (Lipinski definition) is 3. The first-order chi connectivity index (χ1) is 15.3. The van der Waals surface area contributed by atoms with E-state index in [2.05, 4.69) is 9.97 Å². The van der Waals surface area contributed by atoms with Gasteiger partial charge in [-0.25, -0.2) is 9.59 Å². The molecule has 2 aromatic carbocycles. The summed E-state index contributed by atoms with van der Waals surface area (Å²) < 4.78 is 20.7. The number of fused-ring (bicyclic) bond motifs is 2. The largest absolute Gasteiger partial charge is 0.326 e. The number of imidazole rings is 2. The molecule has 7 heteroatoms. The molecular formula is C23H27N5O2. The molecule has 0 bridgehead atoms. The highest BCUT2D eigenvalue weighted by molar-refractivity contribution is 5.76. The maximum Gasteiger partial charge on any atom is 0.326 e. The van der Waals surface area contributed by atoms with Crippen molar-refractivity contribution in [3.05, 3.63) is 69.0 Å². The summed E-state index contributed by atoms with van der Waals surface area (Å²) in [6, 6.07) is 13.5. The van der Waals surface area contributed by atoms with E-state index in [9.17, 15) is 9.59 Å². The van der Waals surface area contributed by atoms with Crippen LogP contribution in [0.3, 0.4) is 0 Å². The maximum absolute atomic E-state index is 12.6. The van der Waals surface area contributed by atoms with Crippen molar-refractivity contribution in [1.82, 2.24) is 24.0 Å². The van der Waals surface area contributed by atoms with E-state index in [1.165, 1.54) is 0 Å². The minimum atomic E-state index is -1.54. The normalized spacial score (nSPS) is 17.5. The molecule has 0 spiro atoms. The highest BCUT2D eigenvalue weighted by atomic mass is 16.1. The first-order valence-electron chi connectivity index (χ1n) is 11.5. The average molecular weight is 408 g/mol. The second-order valence-electron chi connectivity index (χ2n) is 8.05. The summed E-state index contributed by atoms with van der Waals surface area (Å²) in [7, 11) is 0. The first-order valence-corrected chi connectivity index (χ1v) is 10.5. The molecule has 2 N–H and O–H groups in total. The van der Waals surface area contributed by atoms with Crippen LogP contribution in [0.1, 0.15) is 33.6 Å². The molecule has 3 heterocycles. The minimum absolute atomic E-state index is 0.0437. The number of aromatic nitrogens is 4. The predicted molar refractivity (Wildman–Crippen MR) is 119 cm³/mol. The quantitative estimate of drug-likeness (QED) is 0.534. The van der Waals surface area contributed by atoms with Crippen molar-refractivity contribution in [2.24, 2.45) is 0 Å². The molecule has 2 aromatic heterocycles. The maximum atomic E-state index is 12.6. The Balaban J connectivity index is 1.28. The van der Waals surface area contributed by atoms with Gasteiger partial charge in [0, 0.05) is 28.4 Å². The van der Waals surface area contributed by atoms with Crippen LogP contribution in [-0.4, -0.2) is 43.6 Å². The molecule has 0 unspecified atom stereocenters. The van der Waals surface area contributed by atoms with Gasteiger partial charge in [-0.1, -0.05) is 18.2 Å². The van der Waals surface area contributed by atoms with E-state index in [4.69, 9.17) is 2.74 Å².